The molecule has 2 heterocycles. The van der Waals surface area contributed by atoms with Gasteiger partial charge < -0.3 is 10.0 Å². The number of halogens is 1. The SMILES string of the molecule is CC1CC(C(=O)O)CN(c2ncc(Cl)cc2[N+](=O)[O-])C1. The largest absolute Gasteiger partial charge is 0.481 e. The summed E-state index contributed by atoms with van der Waals surface area (Å²) in [4.78, 5) is 27.3. The van der Waals surface area contributed by atoms with Crippen LogP contribution >= 0.6 is 11.6 Å². The fraction of sp³-hybridized carbons (Fsp3) is 0.500. The van der Waals surface area contributed by atoms with Crippen molar-refractivity contribution in [2.75, 3.05) is 18.0 Å². The number of aliphatic carboxylic acids is 1. The van der Waals surface area contributed by atoms with Gasteiger partial charge in [0.1, 0.15) is 0 Å². The highest BCUT2D eigenvalue weighted by atomic mass is 35.5. The van der Waals surface area contributed by atoms with E-state index in [-0.39, 0.29) is 29.0 Å². The van der Waals surface area contributed by atoms with Crippen LogP contribution in [0.25, 0.3) is 0 Å². The number of nitrogens with zero attached hydrogens (tertiary/aromatic N) is 3. The maximum absolute atomic E-state index is 11.1. The van der Waals surface area contributed by atoms with Crippen LogP contribution in [0.15, 0.2) is 12.3 Å². The third-order valence-corrected chi connectivity index (χ3v) is 3.53. The smallest absolute Gasteiger partial charge is 0.313 e. The minimum Gasteiger partial charge on any atom is -0.481 e. The molecule has 0 saturated carbocycles. The van der Waals surface area contributed by atoms with Gasteiger partial charge in [-0.15, -0.1) is 0 Å². The van der Waals surface area contributed by atoms with Crippen molar-refractivity contribution >= 4 is 29.1 Å². The second-order valence-corrected chi connectivity index (χ2v) is 5.47. The molecule has 2 unspecified atom stereocenters. The highest BCUT2D eigenvalue weighted by Crippen LogP contribution is 2.32. The average molecular weight is 300 g/mol. The second-order valence-electron chi connectivity index (χ2n) is 5.03. The lowest BCUT2D eigenvalue weighted by Gasteiger charge is -2.35. The number of nitro groups is 1. The quantitative estimate of drug-likeness (QED) is 0.679. The Morgan fingerprint density at radius 1 is 1.60 bits per heavy atom. The van der Waals surface area contributed by atoms with Crippen LogP contribution in [0, 0.1) is 22.0 Å². The van der Waals surface area contributed by atoms with Gasteiger partial charge in [-0.3, -0.25) is 14.9 Å². The third kappa shape index (κ3) is 2.98. The van der Waals surface area contributed by atoms with Gasteiger partial charge >= 0.3 is 11.7 Å². The maximum atomic E-state index is 11.1. The van der Waals surface area contributed by atoms with E-state index in [4.69, 9.17) is 16.7 Å². The normalized spacial score (nSPS) is 22.6. The summed E-state index contributed by atoms with van der Waals surface area (Å²) in [6.07, 6.45) is 1.89. The first-order valence-electron chi connectivity index (χ1n) is 6.16. The fourth-order valence-electron chi connectivity index (χ4n) is 2.50. The van der Waals surface area contributed by atoms with Crippen LogP contribution in [0.5, 0.6) is 0 Å². The zero-order chi connectivity index (χ0) is 14.9. The van der Waals surface area contributed by atoms with Gasteiger partial charge in [-0.05, 0) is 12.3 Å². The van der Waals surface area contributed by atoms with Crippen LogP contribution in [-0.4, -0.2) is 34.1 Å². The summed E-state index contributed by atoms with van der Waals surface area (Å²) < 4.78 is 0. The number of hydrogen-bond donors (Lipinski definition) is 1. The molecule has 0 radical (unpaired) electrons. The maximum Gasteiger partial charge on any atom is 0.313 e. The van der Waals surface area contributed by atoms with E-state index in [0.29, 0.717) is 13.0 Å². The Labute approximate surface area is 120 Å². The Balaban J connectivity index is 2.35. The van der Waals surface area contributed by atoms with E-state index in [1.807, 2.05) is 6.92 Å². The molecule has 1 saturated heterocycles. The minimum absolute atomic E-state index is 0.127. The van der Waals surface area contributed by atoms with Gasteiger partial charge in [-0.1, -0.05) is 18.5 Å². The van der Waals surface area contributed by atoms with Crippen molar-refractivity contribution < 1.29 is 14.8 Å². The molecule has 1 aromatic heterocycles. The summed E-state index contributed by atoms with van der Waals surface area (Å²) >= 11 is 5.73. The first-order chi connectivity index (χ1) is 9.38. The Morgan fingerprint density at radius 2 is 2.30 bits per heavy atom. The van der Waals surface area contributed by atoms with Crippen molar-refractivity contribution in [1.82, 2.24) is 4.98 Å². The molecule has 1 N–H and O–H groups in total. The Kier molecular flexibility index (Phi) is 4.08. The number of piperidine rings is 1. The molecule has 0 amide bonds. The number of carboxylic acids is 1. The highest BCUT2D eigenvalue weighted by Gasteiger charge is 2.33. The monoisotopic (exact) mass is 299 g/mol. The van der Waals surface area contributed by atoms with Crippen molar-refractivity contribution in [3.05, 3.63) is 27.4 Å². The van der Waals surface area contributed by atoms with Gasteiger partial charge in [0.15, 0.2) is 0 Å². The van der Waals surface area contributed by atoms with E-state index in [9.17, 15) is 14.9 Å². The molecule has 2 atom stereocenters. The predicted molar refractivity (Wildman–Crippen MR) is 73.0 cm³/mol. The van der Waals surface area contributed by atoms with E-state index in [1.54, 1.807) is 4.90 Å². The molecule has 7 nitrogen and oxygen atoms in total. The summed E-state index contributed by atoms with van der Waals surface area (Å²) in [5, 5.41) is 20.4. The van der Waals surface area contributed by atoms with Crippen molar-refractivity contribution in [2.45, 2.75) is 13.3 Å². The molecule has 2 rings (SSSR count). The lowest BCUT2D eigenvalue weighted by Crippen LogP contribution is -2.43. The Morgan fingerprint density at radius 3 is 2.90 bits per heavy atom. The van der Waals surface area contributed by atoms with Crippen LogP contribution < -0.4 is 4.90 Å². The Hall–Kier alpha value is -1.89. The number of carboxylic acid groups (broad SMARTS) is 1. The van der Waals surface area contributed by atoms with Gasteiger partial charge in [0, 0.05) is 25.4 Å². The molecule has 8 heteroatoms. The first-order valence-corrected chi connectivity index (χ1v) is 6.54. The summed E-state index contributed by atoms with van der Waals surface area (Å²) in [6, 6.07) is 1.24. The summed E-state index contributed by atoms with van der Waals surface area (Å²) in [6.45, 7) is 2.68. The van der Waals surface area contributed by atoms with Crippen LogP contribution in [-0.2, 0) is 4.79 Å². The molecular formula is C12H14ClN3O4. The predicted octanol–water partition coefficient (Wildman–Crippen LogP) is 2.19. The third-order valence-electron chi connectivity index (χ3n) is 3.32. The topological polar surface area (TPSA) is 96.6 Å². The van der Waals surface area contributed by atoms with E-state index >= 15 is 0 Å². The fourth-order valence-corrected chi connectivity index (χ4v) is 2.65. The summed E-state index contributed by atoms with van der Waals surface area (Å²) in [5.41, 5.74) is -0.198. The van der Waals surface area contributed by atoms with Crippen LogP contribution in [0.1, 0.15) is 13.3 Å². The van der Waals surface area contributed by atoms with Crippen molar-refractivity contribution in [1.29, 1.82) is 0 Å². The van der Waals surface area contributed by atoms with Crippen molar-refractivity contribution in [3.63, 3.8) is 0 Å². The Bertz CT molecular complexity index is 552. The molecule has 0 aliphatic carbocycles. The second kappa shape index (κ2) is 5.62. The lowest BCUT2D eigenvalue weighted by atomic mass is 9.90. The van der Waals surface area contributed by atoms with Crippen molar-refractivity contribution in [2.24, 2.45) is 11.8 Å². The number of rotatable bonds is 3. The van der Waals surface area contributed by atoms with Crippen LogP contribution in [0.3, 0.4) is 0 Å². The molecular weight excluding hydrogens is 286 g/mol. The molecule has 20 heavy (non-hydrogen) atoms. The molecule has 108 valence electrons. The molecule has 1 fully saturated rings. The van der Waals surface area contributed by atoms with Crippen molar-refractivity contribution in [3.8, 4) is 0 Å². The lowest BCUT2D eigenvalue weighted by molar-refractivity contribution is -0.384. The average Bonchev–Trinajstić information content (AvgIpc) is 2.37. The van der Waals surface area contributed by atoms with Crippen LogP contribution in [0.2, 0.25) is 5.02 Å². The summed E-state index contributed by atoms with van der Waals surface area (Å²) in [7, 11) is 0. The highest BCUT2D eigenvalue weighted by molar-refractivity contribution is 6.30. The number of carbonyl (C=O) groups is 1. The number of aromatic nitrogens is 1. The van der Waals surface area contributed by atoms with Gasteiger partial charge in [-0.2, -0.15) is 0 Å². The number of hydrogen-bond acceptors (Lipinski definition) is 5. The zero-order valence-corrected chi connectivity index (χ0v) is 11.6. The minimum atomic E-state index is -0.891. The van der Waals surface area contributed by atoms with Gasteiger partial charge in [0.25, 0.3) is 0 Å². The standard InChI is InChI=1S/C12H14ClN3O4/c1-7-2-8(12(17)18)6-15(5-7)11-10(16(19)20)3-9(13)4-14-11/h3-4,7-8H,2,5-6H2,1H3,(H,17,18). The molecule has 0 spiro atoms. The molecule has 1 aliphatic heterocycles. The van der Waals surface area contributed by atoms with E-state index < -0.39 is 16.8 Å². The van der Waals surface area contributed by atoms with Crippen LogP contribution in [0.4, 0.5) is 11.5 Å². The molecule has 1 aliphatic rings. The zero-order valence-electron chi connectivity index (χ0n) is 10.8. The number of pyridine rings is 1. The van der Waals surface area contributed by atoms with E-state index in [2.05, 4.69) is 4.98 Å². The molecule has 1 aromatic rings. The van der Waals surface area contributed by atoms with Gasteiger partial charge in [-0.25, -0.2) is 4.98 Å². The molecule has 0 aromatic carbocycles. The van der Waals surface area contributed by atoms with Gasteiger partial charge in [0.05, 0.1) is 15.9 Å². The van der Waals surface area contributed by atoms with E-state index in [1.165, 1.54) is 12.3 Å². The number of anilines is 1. The van der Waals surface area contributed by atoms with E-state index in [0.717, 1.165) is 0 Å². The molecule has 0 bridgehead atoms. The summed E-state index contributed by atoms with van der Waals surface area (Å²) in [5.74, 6) is -1.13. The van der Waals surface area contributed by atoms with Gasteiger partial charge in [0.2, 0.25) is 5.82 Å². The first kappa shape index (κ1) is 14.5.